The number of nitrogens with one attached hydrogen (secondary N) is 1. The SMILES string of the molecule is CCc1nnc2c(Nc3cc(Cl)ccc3O)nc3ccccc3n12. The van der Waals surface area contributed by atoms with Crippen LogP contribution in [0.25, 0.3) is 16.7 Å². The Morgan fingerprint density at radius 1 is 1.17 bits per heavy atom. The molecule has 7 heteroatoms. The molecule has 0 saturated heterocycles. The van der Waals surface area contributed by atoms with Crippen LogP contribution in [0, 0.1) is 0 Å². The second kappa shape index (κ2) is 5.65. The molecule has 0 spiro atoms. The third-order valence-electron chi connectivity index (χ3n) is 3.82. The number of fused-ring (bicyclic) bond motifs is 3. The molecule has 4 rings (SSSR count). The minimum Gasteiger partial charge on any atom is -0.506 e. The van der Waals surface area contributed by atoms with Gasteiger partial charge in [-0.15, -0.1) is 10.2 Å². The molecule has 2 aromatic heterocycles. The third-order valence-corrected chi connectivity index (χ3v) is 4.06. The number of hydrogen-bond acceptors (Lipinski definition) is 5. The van der Waals surface area contributed by atoms with Crippen LogP contribution >= 0.6 is 11.6 Å². The van der Waals surface area contributed by atoms with Crippen LogP contribution in [0.15, 0.2) is 42.5 Å². The Morgan fingerprint density at radius 3 is 2.83 bits per heavy atom. The maximum atomic E-state index is 10.0. The molecular weight excluding hydrogens is 326 g/mol. The number of halogens is 1. The summed E-state index contributed by atoms with van der Waals surface area (Å²) in [5.41, 5.74) is 2.82. The van der Waals surface area contributed by atoms with Gasteiger partial charge < -0.3 is 10.4 Å². The van der Waals surface area contributed by atoms with Crippen LogP contribution in [0.1, 0.15) is 12.7 Å². The van der Waals surface area contributed by atoms with E-state index < -0.39 is 0 Å². The van der Waals surface area contributed by atoms with Crippen molar-refractivity contribution in [1.29, 1.82) is 0 Å². The molecule has 6 nitrogen and oxygen atoms in total. The summed E-state index contributed by atoms with van der Waals surface area (Å²) in [5, 5.41) is 22.2. The van der Waals surface area contributed by atoms with Gasteiger partial charge in [0, 0.05) is 11.4 Å². The van der Waals surface area contributed by atoms with E-state index in [-0.39, 0.29) is 5.75 Å². The lowest BCUT2D eigenvalue weighted by Gasteiger charge is -2.11. The monoisotopic (exact) mass is 339 g/mol. The summed E-state index contributed by atoms with van der Waals surface area (Å²) < 4.78 is 1.98. The lowest BCUT2D eigenvalue weighted by Crippen LogP contribution is -2.02. The summed E-state index contributed by atoms with van der Waals surface area (Å²) in [6, 6.07) is 12.6. The highest BCUT2D eigenvalue weighted by atomic mass is 35.5. The van der Waals surface area contributed by atoms with E-state index in [0.717, 1.165) is 23.3 Å². The molecule has 0 fully saturated rings. The van der Waals surface area contributed by atoms with Gasteiger partial charge in [-0.25, -0.2) is 4.98 Å². The first kappa shape index (κ1) is 14.7. The van der Waals surface area contributed by atoms with Gasteiger partial charge in [0.05, 0.1) is 16.7 Å². The number of para-hydroxylation sites is 2. The van der Waals surface area contributed by atoms with Gasteiger partial charge in [0.25, 0.3) is 0 Å². The van der Waals surface area contributed by atoms with Crippen molar-refractivity contribution >= 4 is 39.8 Å². The molecule has 2 N–H and O–H groups in total. The summed E-state index contributed by atoms with van der Waals surface area (Å²) in [6.07, 6.45) is 0.747. The van der Waals surface area contributed by atoms with Gasteiger partial charge in [-0.05, 0) is 30.3 Å². The molecule has 2 heterocycles. The van der Waals surface area contributed by atoms with Crippen molar-refractivity contribution in [2.24, 2.45) is 0 Å². The predicted octanol–water partition coefficient (Wildman–Crippen LogP) is 3.94. The average Bonchev–Trinajstić information content (AvgIpc) is 3.03. The minimum atomic E-state index is 0.0859. The van der Waals surface area contributed by atoms with Crippen LogP contribution in [0.2, 0.25) is 5.02 Å². The zero-order valence-corrected chi connectivity index (χ0v) is 13.6. The second-order valence-corrected chi connectivity index (χ2v) is 5.80. The molecule has 0 aliphatic rings. The second-order valence-electron chi connectivity index (χ2n) is 5.36. The van der Waals surface area contributed by atoms with Gasteiger partial charge in [-0.1, -0.05) is 30.7 Å². The quantitative estimate of drug-likeness (QED) is 0.553. The number of aromatic hydroxyl groups is 1. The maximum Gasteiger partial charge on any atom is 0.204 e. The van der Waals surface area contributed by atoms with Crippen molar-refractivity contribution in [2.75, 3.05) is 5.32 Å². The Balaban J connectivity index is 1.97. The van der Waals surface area contributed by atoms with Gasteiger partial charge in [-0.2, -0.15) is 0 Å². The number of nitrogens with zero attached hydrogens (tertiary/aromatic N) is 4. The van der Waals surface area contributed by atoms with Gasteiger partial charge in [0.2, 0.25) is 5.65 Å². The summed E-state index contributed by atoms with van der Waals surface area (Å²) in [4.78, 5) is 4.63. The highest BCUT2D eigenvalue weighted by Crippen LogP contribution is 2.31. The summed E-state index contributed by atoms with van der Waals surface area (Å²) in [6.45, 7) is 2.03. The maximum absolute atomic E-state index is 10.0. The van der Waals surface area contributed by atoms with Crippen molar-refractivity contribution < 1.29 is 5.11 Å². The molecule has 24 heavy (non-hydrogen) atoms. The number of aromatic nitrogens is 4. The topological polar surface area (TPSA) is 75.3 Å². The Kier molecular flexibility index (Phi) is 3.46. The number of phenols is 1. The fourth-order valence-electron chi connectivity index (χ4n) is 2.69. The van der Waals surface area contributed by atoms with E-state index in [9.17, 15) is 5.11 Å². The highest BCUT2D eigenvalue weighted by molar-refractivity contribution is 6.31. The molecule has 0 radical (unpaired) electrons. The van der Waals surface area contributed by atoms with E-state index in [1.165, 1.54) is 6.07 Å². The number of phenolic OH excluding ortho intramolecular Hbond substituents is 1. The first-order valence-electron chi connectivity index (χ1n) is 7.55. The molecule has 0 amide bonds. The molecular formula is C17H14ClN5O. The van der Waals surface area contributed by atoms with Crippen molar-refractivity contribution in [1.82, 2.24) is 19.6 Å². The summed E-state index contributed by atoms with van der Waals surface area (Å²) in [5.74, 6) is 1.45. The smallest absolute Gasteiger partial charge is 0.204 e. The van der Waals surface area contributed by atoms with Crippen LogP contribution in [-0.2, 0) is 6.42 Å². The van der Waals surface area contributed by atoms with Crippen LogP contribution < -0.4 is 5.32 Å². The van der Waals surface area contributed by atoms with Gasteiger partial charge in [0.15, 0.2) is 5.82 Å². The Bertz CT molecular complexity index is 1060. The standard InChI is InChI=1S/C17H14ClN5O/c1-2-15-21-22-17-16(20-12-9-10(18)7-8-14(12)24)19-11-5-3-4-6-13(11)23(15)17/h3-9,24H,2H2,1H3,(H,19,20). The number of anilines is 2. The molecule has 0 aliphatic carbocycles. The largest absolute Gasteiger partial charge is 0.506 e. The van der Waals surface area contributed by atoms with Gasteiger partial charge in [0.1, 0.15) is 11.6 Å². The first-order valence-corrected chi connectivity index (χ1v) is 7.93. The van der Waals surface area contributed by atoms with E-state index >= 15 is 0 Å². The van der Waals surface area contributed by atoms with Crippen LogP contribution in [0.3, 0.4) is 0 Å². The van der Waals surface area contributed by atoms with Crippen molar-refractivity contribution in [2.45, 2.75) is 13.3 Å². The normalized spacial score (nSPS) is 11.2. The molecule has 0 aliphatic heterocycles. The van der Waals surface area contributed by atoms with Gasteiger partial charge >= 0.3 is 0 Å². The third kappa shape index (κ3) is 2.32. The fraction of sp³-hybridized carbons (Fsp3) is 0.118. The highest BCUT2D eigenvalue weighted by Gasteiger charge is 2.15. The van der Waals surface area contributed by atoms with Crippen molar-refractivity contribution in [3.8, 4) is 5.75 Å². The Morgan fingerprint density at radius 2 is 2.00 bits per heavy atom. The average molecular weight is 340 g/mol. The van der Waals surface area contributed by atoms with Crippen LogP contribution in [0.5, 0.6) is 5.75 Å². The lowest BCUT2D eigenvalue weighted by molar-refractivity contribution is 0.478. The Labute approximate surface area is 142 Å². The molecule has 0 unspecified atom stereocenters. The predicted molar refractivity (Wildman–Crippen MR) is 94.1 cm³/mol. The molecule has 4 aromatic rings. The van der Waals surface area contributed by atoms with E-state index in [1.54, 1.807) is 12.1 Å². The fourth-order valence-corrected chi connectivity index (χ4v) is 2.86. The minimum absolute atomic E-state index is 0.0859. The van der Waals surface area contributed by atoms with E-state index in [0.29, 0.717) is 22.2 Å². The molecule has 2 aromatic carbocycles. The van der Waals surface area contributed by atoms with Crippen LogP contribution in [-0.4, -0.2) is 24.7 Å². The number of hydrogen-bond donors (Lipinski definition) is 2. The molecule has 0 atom stereocenters. The number of rotatable bonds is 3. The van der Waals surface area contributed by atoms with E-state index in [4.69, 9.17) is 11.6 Å². The molecule has 0 saturated carbocycles. The van der Waals surface area contributed by atoms with Gasteiger partial charge in [-0.3, -0.25) is 4.40 Å². The van der Waals surface area contributed by atoms with E-state index in [2.05, 4.69) is 20.5 Å². The first-order chi connectivity index (χ1) is 11.7. The summed E-state index contributed by atoms with van der Waals surface area (Å²) in [7, 11) is 0. The molecule has 120 valence electrons. The lowest BCUT2D eigenvalue weighted by atomic mass is 10.2. The van der Waals surface area contributed by atoms with Crippen LogP contribution in [0.4, 0.5) is 11.5 Å². The number of benzene rings is 2. The zero-order valence-electron chi connectivity index (χ0n) is 12.9. The van der Waals surface area contributed by atoms with Crippen molar-refractivity contribution in [3.05, 3.63) is 53.3 Å². The Hall–Kier alpha value is -2.86. The zero-order chi connectivity index (χ0) is 16.7. The summed E-state index contributed by atoms with van der Waals surface area (Å²) >= 11 is 6.02. The molecule has 0 bridgehead atoms. The van der Waals surface area contributed by atoms with Crippen molar-refractivity contribution in [3.63, 3.8) is 0 Å². The van der Waals surface area contributed by atoms with E-state index in [1.807, 2.05) is 35.6 Å². The number of aryl methyl sites for hydroxylation is 1.